The number of halogens is 2. The largest absolute Gasteiger partial charge is 0.332 e. The average Bonchev–Trinajstić information content (AvgIpc) is 2.49. The highest BCUT2D eigenvalue weighted by Crippen LogP contribution is 2.60. The molecule has 2 N–H and O–H groups in total. The van der Waals surface area contributed by atoms with Gasteiger partial charge in [0.25, 0.3) is 0 Å². The lowest BCUT2D eigenvalue weighted by atomic mass is 9.49. The van der Waals surface area contributed by atoms with E-state index in [0.29, 0.717) is 15.2 Å². The van der Waals surface area contributed by atoms with Gasteiger partial charge in [-0.2, -0.15) is 0 Å². The van der Waals surface area contributed by atoms with Gasteiger partial charge in [-0.3, -0.25) is 4.79 Å². The summed E-state index contributed by atoms with van der Waals surface area (Å²) in [5.74, 6) is 2.30. The Bertz CT molecular complexity index is 671. The predicted molar refractivity (Wildman–Crippen MR) is 101 cm³/mol. The zero-order valence-corrected chi connectivity index (χ0v) is 15.6. The van der Waals surface area contributed by atoms with Crippen LogP contribution in [0.5, 0.6) is 0 Å². The van der Waals surface area contributed by atoms with Crippen LogP contribution in [0, 0.1) is 23.2 Å². The molecule has 0 saturated heterocycles. The van der Waals surface area contributed by atoms with Gasteiger partial charge in [-0.05, 0) is 86.7 Å². The summed E-state index contributed by atoms with van der Waals surface area (Å²) >= 11 is 17.3. The molecule has 24 heavy (non-hydrogen) atoms. The minimum Gasteiger partial charge on any atom is -0.332 e. The van der Waals surface area contributed by atoms with Crippen molar-refractivity contribution in [3.63, 3.8) is 0 Å². The van der Waals surface area contributed by atoms with Gasteiger partial charge in [0.15, 0.2) is 5.11 Å². The van der Waals surface area contributed by atoms with E-state index in [1.165, 1.54) is 19.3 Å². The number of anilines is 1. The molecule has 4 fully saturated rings. The maximum atomic E-state index is 12.9. The predicted octanol–water partition coefficient (Wildman–Crippen LogP) is 5.02. The van der Waals surface area contributed by atoms with E-state index in [-0.39, 0.29) is 11.3 Å². The van der Waals surface area contributed by atoms with Crippen molar-refractivity contribution < 1.29 is 4.79 Å². The van der Waals surface area contributed by atoms with E-state index >= 15 is 0 Å². The Labute approximate surface area is 157 Å². The number of nitrogens with one attached hydrogen (secondary N) is 2. The summed E-state index contributed by atoms with van der Waals surface area (Å²) in [6.07, 6.45) is 7.04. The van der Waals surface area contributed by atoms with Gasteiger partial charge in [0, 0.05) is 5.69 Å². The van der Waals surface area contributed by atoms with Crippen LogP contribution in [0.2, 0.25) is 10.0 Å². The van der Waals surface area contributed by atoms with Crippen LogP contribution in [-0.2, 0) is 4.79 Å². The van der Waals surface area contributed by atoms with Gasteiger partial charge in [-0.25, -0.2) is 0 Å². The van der Waals surface area contributed by atoms with Crippen LogP contribution in [0.25, 0.3) is 0 Å². The number of carbonyl (C=O) groups is 1. The van der Waals surface area contributed by atoms with Crippen LogP contribution in [0.15, 0.2) is 18.2 Å². The van der Waals surface area contributed by atoms with Crippen molar-refractivity contribution >= 4 is 52.1 Å². The standard InChI is InChI=1S/C18H20Cl2N2OS/c19-14-2-1-13(6-15(14)20)21-17(24)22-16(23)18-7-10-3-11(8-18)5-12(4-10)9-18/h1-2,6,10-12H,3-5,7-9H2,(H2,21,22,23,24). The first-order valence-corrected chi connectivity index (χ1v) is 9.67. The lowest BCUT2D eigenvalue weighted by molar-refractivity contribution is -0.144. The van der Waals surface area contributed by atoms with Crippen LogP contribution in [0.3, 0.4) is 0 Å². The molecule has 0 unspecified atom stereocenters. The Morgan fingerprint density at radius 1 is 1.04 bits per heavy atom. The maximum Gasteiger partial charge on any atom is 0.232 e. The molecule has 0 spiro atoms. The van der Waals surface area contributed by atoms with Crippen LogP contribution < -0.4 is 10.6 Å². The number of benzene rings is 1. The highest BCUT2D eigenvalue weighted by molar-refractivity contribution is 7.80. The van der Waals surface area contributed by atoms with Gasteiger partial charge >= 0.3 is 0 Å². The average molecular weight is 383 g/mol. The maximum absolute atomic E-state index is 12.9. The van der Waals surface area contributed by atoms with E-state index in [2.05, 4.69) is 10.6 Å². The molecule has 4 bridgehead atoms. The third-order valence-electron chi connectivity index (χ3n) is 5.92. The fourth-order valence-electron chi connectivity index (χ4n) is 5.36. The van der Waals surface area contributed by atoms with Gasteiger partial charge in [-0.15, -0.1) is 0 Å². The summed E-state index contributed by atoms with van der Waals surface area (Å²) < 4.78 is 0. The van der Waals surface area contributed by atoms with Crippen LogP contribution >= 0.6 is 35.4 Å². The number of hydrogen-bond acceptors (Lipinski definition) is 2. The topological polar surface area (TPSA) is 41.1 Å². The fraction of sp³-hybridized carbons (Fsp3) is 0.556. The van der Waals surface area contributed by atoms with E-state index in [9.17, 15) is 4.79 Å². The second-order valence-corrected chi connectivity index (χ2v) is 8.96. The number of amides is 1. The van der Waals surface area contributed by atoms with Crippen molar-refractivity contribution in [1.82, 2.24) is 5.32 Å². The Kier molecular flexibility index (Phi) is 4.26. The summed E-state index contributed by atoms with van der Waals surface area (Å²) in [6, 6.07) is 5.19. The molecule has 3 nitrogen and oxygen atoms in total. The van der Waals surface area contributed by atoms with Crippen LogP contribution in [0.4, 0.5) is 5.69 Å². The zero-order valence-electron chi connectivity index (χ0n) is 13.3. The van der Waals surface area contributed by atoms with E-state index in [4.69, 9.17) is 35.4 Å². The summed E-state index contributed by atoms with van der Waals surface area (Å²) in [5, 5.41) is 7.23. The first kappa shape index (κ1) is 16.6. The molecule has 6 heteroatoms. The summed E-state index contributed by atoms with van der Waals surface area (Å²) in [7, 11) is 0. The molecule has 0 heterocycles. The van der Waals surface area contributed by atoms with Crippen molar-refractivity contribution in [3.8, 4) is 0 Å². The zero-order chi connectivity index (χ0) is 16.9. The molecule has 1 aromatic carbocycles. The normalized spacial score (nSPS) is 33.3. The first-order chi connectivity index (χ1) is 11.4. The van der Waals surface area contributed by atoms with E-state index in [1.807, 2.05) is 0 Å². The molecule has 4 aliphatic carbocycles. The third kappa shape index (κ3) is 3.04. The Balaban J connectivity index is 1.42. The van der Waals surface area contributed by atoms with Crippen LogP contribution in [-0.4, -0.2) is 11.0 Å². The molecule has 128 valence electrons. The summed E-state index contributed by atoms with van der Waals surface area (Å²) in [6.45, 7) is 0. The molecular weight excluding hydrogens is 363 g/mol. The van der Waals surface area contributed by atoms with Gasteiger partial charge < -0.3 is 10.6 Å². The van der Waals surface area contributed by atoms with Gasteiger partial charge in [0.1, 0.15) is 0 Å². The second kappa shape index (κ2) is 6.15. The number of thiocarbonyl (C=S) groups is 1. The SMILES string of the molecule is O=C(NC(=S)Nc1ccc(Cl)c(Cl)c1)C12CC3CC(CC(C3)C1)C2. The van der Waals surface area contributed by atoms with Crippen molar-refractivity contribution in [3.05, 3.63) is 28.2 Å². The Hall–Kier alpha value is -0.840. The molecule has 0 radical (unpaired) electrons. The van der Waals surface area contributed by atoms with Crippen LogP contribution in [0.1, 0.15) is 38.5 Å². The molecular formula is C18H20Cl2N2OS. The highest BCUT2D eigenvalue weighted by Gasteiger charge is 2.54. The smallest absolute Gasteiger partial charge is 0.232 e. The number of rotatable bonds is 2. The Morgan fingerprint density at radius 3 is 2.17 bits per heavy atom. The molecule has 4 aliphatic rings. The molecule has 5 rings (SSSR count). The van der Waals surface area contributed by atoms with Gasteiger partial charge in [-0.1, -0.05) is 23.2 Å². The monoisotopic (exact) mass is 382 g/mol. The highest BCUT2D eigenvalue weighted by atomic mass is 35.5. The second-order valence-electron chi connectivity index (χ2n) is 7.74. The van der Waals surface area contributed by atoms with Crippen molar-refractivity contribution in [2.75, 3.05) is 5.32 Å². The van der Waals surface area contributed by atoms with Crippen molar-refractivity contribution in [1.29, 1.82) is 0 Å². The minimum atomic E-state index is -0.196. The van der Waals surface area contributed by atoms with E-state index < -0.39 is 0 Å². The summed E-state index contributed by atoms with van der Waals surface area (Å²) in [4.78, 5) is 12.9. The van der Waals surface area contributed by atoms with Crippen molar-refractivity contribution in [2.24, 2.45) is 23.2 Å². The van der Waals surface area contributed by atoms with Crippen molar-refractivity contribution in [2.45, 2.75) is 38.5 Å². The fourth-order valence-corrected chi connectivity index (χ4v) is 5.87. The molecule has 4 saturated carbocycles. The minimum absolute atomic E-state index is 0.0964. The lowest BCUT2D eigenvalue weighted by Gasteiger charge is -2.55. The molecule has 0 aliphatic heterocycles. The molecule has 0 aromatic heterocycles. The number of carbonyl (C=O) groups excluding carboxylic acids is 1. The molecule has 1 aromatic rings. The van der Waals surface area contributed by atoms with Gasteiger partial charge in [0.2, 0.25) is 5.91 Å². The van der Waals surface area contributed by atoms with E-state index in [0.717, 1.165) is 42.7 Å². The lowest BCUT2D eigenvalue weighted by Crippen LogP contribution is -2.55. The first-order valence-electron chi connectivity index (χ1n) is 8.51. The van der Waals surface area contributed by atoms with E-state index in [1.54, 1.807) is 18.2 Å². The van der Waals surface area contributed by atoms with Gasteiger partial charge in [0.05, 0.1) is 15.5 Å². The molecule has 1 amide bonds. The molecule has 0 atom stereocenters. The Morgan fingerprint density at radius 2 is 1.62 bits per heavy atom. The quantitative estimate of drug-likeness (QED) is 0.705. The summed E-state index contributed by atoms with van der Waals surface area (Å²) in [5.41, 5.74) is 0.526. The third-order valence-corrected chi connectivity index (χ3v) is 6.87. The number of hydrogen-bond donors (Lipinski definition) is 2.